The Balaban J connectivity index is 1.60. The van der Waals surface area contributed by atoms with Crippen molar-refractivity contribution in [2.75, 3.05) is 26.2 Å². The number of allylic oxidation sites excluding steroid dienone is 3. The predicted molar refractivity (Wildman–Crippen MR) is 109 cm³/mol. The second-order valence-electron chi connectivity index (χ2n) is 6.96. The summed E-state index contributed by atoms with van der Waals surface area (Å²) in [4.78, 5) is 9.15. The molecule has 1 aliphatic heterocycles. The zero-order chi connectivity index (χ0) is 18.2. The second-order valence-corrected chi connectivity index (χ2v) is 6.96. The van der Waals surface area contributed by atoms with Gasteiger partial charge < -0.3 is 4.90 Å². The number of hydrogen-bond donors (Lipinski definition) is 0. The molecule has 0 unspecified atom stereocenters. The Morgan fingerprint density at radius 3 is 2.31 bits per heavy atom. The summed E-state index contributed by atoms with van der Waals surface area (Å²) in [5.41, 5.74) is 5.47. The van der Waals surface area contributed by atoms with Crippen molar-refractivity contribution >= 4 is 0 Å². The lowest BCUT2D eigenvalue weighted by Crippen LogP contribution is -2.43. The molecule has 3 heteroatoms. The third-order valence-electron chi connectivity index (χ3n) is 5.08. The summed E-state index contributed by atoms with van der Waals surface area (Å²) < 4.78 is 0. The molecular weight excluding hydrogens is 318 g/mol. The maximum absolute atomic E-state index is 4.13. The minimum Gasteiger partial charge on any atom is -0.375 e. The van der Waals surface area contributed by atoms with E-state index in [1.165, 1.54) is 22.3 Å². The molecule has 3 rings (SSSR count). The highest BCUT2D eigenvalue weighted by Crippen LogP contribution is 2.18. The van der Waals surface area contributed by atoms with Gasteiger partial charge in [-0.15, -0.1) is 0 Å². The molecule has 0 aliphatic carbocycles. The molecule has 0 radical (unpaired) electrons. The van der Waals surface area contributed by atoms with Gasteiger partial charge in [0.1, 0.15) is 0 Å². The van der Waals surface area contributed by atoms with E-state index in [1.54, 1.807) is 0 Å². The van der Waals surface area contributed by atoms with Gasteiger partial charge in [0, 0.05) is 51.3 Å². The van der Waals surface area contributed by atoms with Gasteiger partial charge in [0.15, 0.2) is 0 Å². The van der Waals surface area contributed by atoms with Gasteiger partial charge in [-0.3, -0.25) is 9.88 Å². The summed E-state index contributed by atoms with van der Waals surface area (Å²) in [5, 5.41) is 0. The van der Waals surface area contributed by atoms with Crippen LogP contribution in [0.1, 0.15) is 25.0 Å². The molecule has 0 amide bonds. The summed E-state index contributed by atoms with van der Waals surface area (Å²) in [6.45, 7) is 9.78. The van der Waals surface area contributed by atoms with Crippen LogP contribution in [-0.2, 0) is 13.0 Å². The molecule has 1 aliphatic rings. The van der Waals surface area contributed by atoms with Gasteiger partial charge in [-0.05, 0) is 49.1 Å². The van der Waals surface area contributed by atoms with Crippen molar-refractivity contribution in [2.24, 2.45) is 0 Å². The fourth-order valence-electron chi connectivity index (χ4n) is 3.31. The van der Waals surface area contributed by atoms with E-state index >= 15 is 0 Å². The highest BCUT2D eigenvalue weighted by Gasteiger charge is 2.15. The van der Waals surface area contributed by atoms with Crippen LogP contribution in [0.25, 0.3) is 0 Å². The van der Waals surface area contributed by atoms with Gasteiger partial charge in [-0.25, -0.2) is 0 Å². The first kappa shape index (κ1) is 18.4. The number of pyridine rings is 1. The van der Waals surface area contributed by atoms with Crippen LogP contribution in [0, 0.1) is 0 Å². The van der Waals surface area contributed by atoms with Crippen LogP contribution in [0.2, 0.25) is 0 Å². The quantitative estimate of drug-likeness (QED) is 0.727. The smallest absolute Gasteiger partial charge is 0.0301 e. The molecule has 2 heterocycles. The fourth-order valence-corrected chi connectivity index (χ4v) is 3.31. The number of nitrogens with zero attached hydrogens (tertiary/aromatic N) is 3. The van der Waals surface area contributed by atoms with E-state index in [1.807, 2.05) is 12.4 Å². The summed E-state index contributed by atoms with van der Waals surface area (Å²) in [6, 6.07) is 15.0. The predicted octanol–water partition coefficient (Wildman–Crippen LogP) is 4.29. The lowest BCUT2D eigenvalue weighted by atomic mass is 10.0. The molecule has 2 aromatic rings. The van der Waals surface area contributed by atoms with Crippen molar-refractivity contribution in [2.45, 2.75) is 26.8 Å². The normalized spacial score (nSPS) is 16.8. The van der Waals surface area contributed by atoms with Crippen LogP contribution >= 0.6 is 0 Å². The van der Waals surface area contributed by atoms with Crippen molar-refractivity contribution in [3.63, 3.8) is 0 Å². The van der Waals surface area contributed by atoms with E-state index in [4.69, 9.17) is 0 Å². The minimum atomic E-state index is 0.961. The topological polar surface area (TPSA) is 19.4 Å². The Hall–Kier alpha value is -2.39. The molecule has 1 aromatic carbocycles. The molecule has 1 saturated heterocycles. The summed E-state index contributed by atoms with van der Waals surface area (Å²) in [5.74, 6) is 0. The zero-order valence-electron chi connectivity index (χ0n) is 15.9. The van der Waals surface area contributed by atoms with E-state index in [0.29, 0.717) is 0 Å². The molecule has 1 fully saturated rings. The molecule has 0 bridgehead atoms. The fraction of sp³-hybridized carbons (Fsp3) is 0.348. The Morgan fingerprint density at radius 1 is 0.962 bits per heavy atom. The van der Waals surface area contributed by atoms with Crippen molar-refractivity contribution in [1.29, 1.82) is 0 Å². The van der Waals surface area contributed by atoms with Crippen molar-refractivity contribution in [3.05, 3.63) is 89.4 Å². The molecule has 26 heavy (non-hydrogen) atoms. The lowest BCUT2D eigenvalue weighted by Gasteiger charge is -2.34. The van der Waals surface area contributed by atoms with Crippen LogP contribution in [0.15, 0.2) is 78.3 Å². The largest absolute Gasteiger partial charge is 0.375 e. The second kappa shape index (κ2) is 9.35. The number of benzene rings is 1. The number of hydrogen-bond acceptors (Lipinski definition) is 3. The van der Waals surface area contributed by atoms with E-state index in [-0.39, 0.29) is 0 Å². The van der Waals surface area contributed by atoms with Crippen LogP contribution in [0.5, 0.6) is 0 Å². The van der Waals surface area contributed by atoms with Crippen LogP contribution in [-0.4, -0.2) is 41.0 Å². The van der Waals surface area contributed by atoms with Gasteiger partial charge in [0.2, 0.25) is 0 Å². The molecule has 0 N–H and O–H groups in total. The Labute approximate surface area is 157 Å². The van der Waals surface area contributed by atoms with E-state index in [9.17, 15) is 0 Å². The highest BCUT2D eigenvalue weighted by molar-refractivity contribution is 5.33. The monoisotopic (exact) mass is 347 g/mol. The van der Waals surface area contributed by atoms with Gasteiger partial charge in [-0.1, -0.05) is 42.0 Å². The third-order valence-corrected chi connectivity index (χ3v) is 5.08. The summed E-state index contributed by atoms with van der Waals surface area (Å²) in [7, 11) is 0. The van der Waals surface area contributed by atoms with Crippen LogP contribution < -0.4 is 0 Å². The molecule has 0 atom stereocenters. The van der Waals surface area contributed by atoms with E-state index in [0.717, 1.165) is 39.1 Å². The van der Waals surface area contributed by atoms with E-state index in [2.05, 4.69) is 83.4 Å². The standard InChI is InChI=1S/C23H29N3/c1-3-20(2)23(17-21-9-11-24-12-10-21)19-26-15-13-25(14-16-26)18-22-7-5-4-6-8-22/h3-12,19H,13-18H2,1-2H3/b20-3+,23-19+. The highest BCUT2D eigenvalue weighted by atomic mass is 15.2. The average Bonchev–Trinajstić information content (AvgIpc) is 2.70. The molecular formula is C23H29N3. The zero-order valence-corrected chi connectivity index (χ0v) is 15.9. The van der Waals surface area contributed by atoms with Gasteiger partial charge in [0.25, 0.3) is 0 Å². The molecule has 0 saturated carbocycles. The molecule has 3 nitrogen and oxygen atoms in total. The lowest BCUT2D eigenvalue weighted by molar-refractivity contribution is 0.161. The summed E-state index contributed by atoms with van der Waals surface area (Å²) >= 11 is 0. The average molecular weight is 348 g/mol. The summed E-state index contributed by atoms with van der Waals surface area (Å²) in [6.07, 6.45) is 9.29. The maximum Gasteiger partial charge on any atom is 0.0301 e. The van der Waals surface area contributed by atoms with Crippen LogP contribution in [0.3, 0.4) is 0 Å². The van der Waals surface area contributed by atoms with Gasteiger partial charge in [-0.2, -0.15) is 0 Å². The molecule has 1 aromatic heterocycles. The first-order valence-electron chi connectivity index (χ1n) is 9.48. The Morgan fingerprint density at radius 2 is 1.65 bits per heavy atom. The first-order chi connectivity index (χ1) is 12.7. The van der Waals surface area contributed by atoms with Crippen LogP contribution in [0.4, 0.5) is 0 Å². The minimum absolute atomic E-state index is 0.961. The SMILES string of the molecule is C/C=C(C)/C(=C/N1CCN(Cc2ccccc2)CC1)Cc1ccncc1. The Bertz CT molecular complexity index is 727. The number of aromatic nitrogens is 1. The maximum atomic E-state index is 4.13. The molecule has 0 spiro atoms. The molecule has 136 valence electrons. The first-order valence-corrected chi connectivity index (χ1v) is 9.48. The van der Waals surface area contributed by atoms with Gasteiger partial charge >= 0.3 is 0 Å². The van der Waals surface area contributed by atoms with Crippen molar-refractivity contribution in [3.8, 4) is 0 Å². The Kier molecular flexibility index (Phi) is 6.62. The van der Waals surface area contributed by atoms with Crippen molar-refractivity contribution in [1.82, 2.24) is 14.8 Å². The van der Waals surface area contributed by atoms with Gasteiger partial charge in [0.05, 0.1) is 0 Å². The third kappa shape index (κ3) is 5.30. The van der Waals surface area contributed by atoms with E-state index < -0.39 is 0 Å². The number of piperazine rings is 1. The number of rotatable bonds is 6. The van der Waals surface area contributed by atoms with Crippen molar-refractivity contribution < 1.29 is 0 Å².